The zero-order valence-corrected chi connectivity index (χ0v) is 18.0. The van der Waals surface area contributed by atoms with Crippen molar-refractivity contribution in [3.63, 3.8) is 0 Å². The molecular formula is C21H24N6O3S. The molecule has 31 heavy (non-hydrogen) atoms. The molecule has 5 rings (SSSR count). The molecule has 1 saturated carbocycles. The van der Waals surface area contributed by atoms with Crippen molar-refractivity contribution in [2.75, 3.05) is 31.1 Å². The molecule has 1 amide bonds. The fourth-order valence-corrected chi connectivity index (χ4v) is 5.25. The third-order valence-corrected chi connectivity index (χ3v) is 7.36. The maximum absolute atomic E-state index is 13.3. The summed E-state index contributed by atoms with van der Waals surface area (Å²) < 4.78 is 23.8. The van der Waals surface area contributed by atoms with Crippen molar-refractivity contribution >= 4 is 32.8 Å². The molecule has 3 aromatic rings. The van der Waals surface area contributed by atoms with Crippen LogP contribution in [0, 0.1) is 12.3 Å². The number of anilines is 1. The van der Waals surface area contributed by atoms with E-state index < -0.39 is 10.0 Å². The first-order chi connectivity index (χ1) is 14.8. The summed E-state index contributed by atoms with van der Waals surface area (Å²) in [4.78, 5) is 29.3. The molecule has 1 aliphatic heterocycles. The minimum absolute atomic E-state index is 0.00762. The Balaban J connectivity index is 1.44. The highest BCUT2D eigenvalue weighted by Gasteiger charge is 2.48. The number of hydrogen-bond acceptors (Lipinski definition) is 6. The Labute approximate surface area is 180 Å². The van der Waals surface area contributed by atoms with Gasteiger partial charge in [0.1, 0.15) is 17.8 Å². The van der Waals surface area contributed by atoms with Crippen LogP contribution in [0.15, 0.2) is 41.7 Å². The molecule has 1 saturated heterocycles. The zero-order chi connectivity index (χ0) is 21.8. The molecule has 1 spiro atoms. The molecule has 0 radical (unpaired) electrons. The lowest BCUT2D eigenvalue weighted by Gasteiger charge is -2.25. The number of nitrogens with two attached hydrogens (primary N) is 1. The Morgan fingerprint density at radius 2 is 1.97 bits per heavy atom. The van der Waals surface area contributed by atoms with E-state index in [1.54, 1.807) is 25.4 Å². The lowest BCUT2D eigenvalue weighted by molar-refractivity contribution is 0.0740. The summed E-state index contributed by atoms with van der Waals surface area (Å²) in [5.74, 6) is 0.700. The standard InChI is InChI=1S/C21H24N6O3S/c1-14-2-3-15(10-17(14)31(22,29)30)20(28)27-9-8-26(11-21(12-27)5-6-21)19-16-4-7-23-18(16)24-13-25-19/h2-4,7,10,13H,5-6,8-9,11-12H2,1H3,(H2,22,29,30)(H,23,24,25). The Morgan fingerprint density at radius 1 is 1.16 bits per heavy atom. The molecule has 2 aromatic heterocycles. The molecule has 162 valence electrons. The maximum atomic E-state index is 13.3. The molecule has 2 fully saturated rings. The highest BCUT2D eigenvalue weighted by Crippen LogP contribution is 2.48. The molecule has 3 heterocycles. The number of nitrogens with zero attached hydrogens (tertiary/aromatic N) is 4. The summed E-state index contributed by atoms with van der Waals surface area (Å²) >= 11 is 0. The van der Waals surface area contributed by atoms with Crippen LogP contribution in [0.1, 0.15) is 28.8 Å². The van der Waals surface area contributed by atoms with E-state index in [0.717, 1.165) is 36.2 Å². The summed E-state index contributed by atoms with van der Waals surface area (Å²) in [6.45, 7) is 4.29. The molecule has 0 unspecified atom stereocenters. The van der Waals surface area contributed by atoms with E-state index in [-0.39, 0.29) is 16.2 Å². The summed E-state index contributed by atoms with van der Waals surface area (Å²) in [6, 6.07) is 6.66. The van der Waals surface area contributed by atoms with Gasteiger partial charge in [0, 0.05) is 43.4 Å². The van der Waals surface area contributed by atoms with Gasteiger partial charge in [0.2, 0.25) is 10.0 Å². The maximum Gasteiger partial charge on any atom is 0.253 e. The van der Waals surface area contributed by atoms with Crippen LogP contribution in [0.3, 0.4) is 0 Å². The van der Waals surface area contributed by atoms with E-state index in [1.165, 1.54) is 6.07 Å². The molecule has 0 bridgehead atoms. The van der Waals surface area contributed by atoms with E-state index in [2.05, 4.69) is 19.9 Å². The predicted octanol–water partition coefficient (Wildman–Crippen LogP) is 1.66. The quantitative estimate of drug-likeness (QED) is 0.638. The Bertz CT molecular complexity index is 1280. The molecule has 1 aromatic carbocycles. The Morgan fingerprint density at radius 3 is 2.71 bits per heavy atom. The first-order valence-electron chi connectivity index (χ1n) is 10.2. The van der Waals surface area contributed by atoms with Gasteiger partial charge in [-0.15, -0.1) is 0 Å². The zero-order valence-electron chi connectivity index (χ0n) is 17.2. The lowest BCUT2D eigenvalue weighted by atomic mass is 10.1. The lowest BCUT2D eigenvalue weighted by Crippen LogP contribution is -2.36. The average molecular weight is 441 g/mol. The number of hydrogen-bond donors (Lipinski definition) is 2. The first-order valence-corrected chi connectivity index (χ1v) is 11.8. The van der Waals surface area contributed by atoms with Gasteiger partial charge >= 0.3 is 0 Å². The van der Waals surface area contributed by atoms with Crippen LogP contribution in [0.4, 0.5) is 5.82 Å². The van der Waals surface area contributed by atoms with Crippen LogP contribution in [0.25, 0.3) is 11.0 Å². The second kappa shape index (κ2) is 7.03. The first kappa shape index (κ1) is 20.0. The molecule has 9 nitrogen and oxygen atoms in total. The van der Waals surface area contributed by atoms with Crippen molar-refractivity contribution in [3.05, 3.63) is 47.9 Å². The summed E-state index contributed by atoms with van der Waals surface area (Å²) in [6.07, 6.45) is 5.50. The van der Waals surface area contributed by atoms with Crippen LogP contribution in [0.5, 0.6) is 0 Å². The van der Waals surface area contributed by atoms with Crippen molar-refractivity contribution < 1.29 is 13.2 Å². The number of aryl methyl sites for hydroxylation is 1. The summed E-state index contributed by atoms with van der Waals surface area (Å²) in [5, 5.41) is 6.30. The third kappa shape index (κ3) is 3.66. The van der Waals surface area contributed by atoms with Gasteiger partial charge < -0.3 is 14.8 Å². The fourth-order valence-electron chi connectivity index (χ4n) is 4.44. The van der Waals surface area contributed by atoms with Crippen LogP contribution in [-0.4, -0.2) is 60.4 Å². The number of amides is 1. The summed E-state index contributed by atoms with van der Waals surface area (Å²) in [5.41, 5.74) is 1.70. The number of carbonyl (C=O) groups is 1. The van der Waals surface area contributed by atoms with Crippen LogP contribution >= 0.6 is 0 Å². The van der Waals surface area contributed by atoms with Gasteiger partial charge in [-0.1, -0.05) is 6.07 Å². The van der Waals surface area contributed by atoms with Gasteiger partial charge in [0.25, 0.3) is 5.91 Å². The van der Waals surface area contributed by atoms with Crippen molar-refractivity contribution in [3.8, 4) is 0 Å². The minimum atomic E-state index is -3.89. The van der Waals surface area contributed by atoms with Gasteiger partial charge in [0.05, 0.1) is 10.3 Å². The van der Waals surface area contributed by atoms with Gasteiger partial charge in [-0.05, 0) is 43.5 Å². The van der Waals surface area contributed by atoms with Gasteiger partial charge in [0.15, 0.2) is 0 Å². The number of nitrogens with one attached hydrogen (secondary N) is 1. The van der Waals surface area contributed by atoms with Crippen molar-refractivity contribution in [2.24, 2.45) is 10.6 Å². The molecule has 3 N–H and O–H groups in total. The monoisotopic (exact) mass is 440 g/mol. The fraction of sp³-hybridized carbons (Fsp3) is 0.381. The Hall–Kier alpha value is -2.98. The number of aromatic amines is 1. The second-order valence-electron chi connectivity index (χ2n) is 8.61. The smallest absolute Gasteiger partial charge is 0.253 e. The normalized spacial score (nSPS) is 18.4. The second-order valence-corrected chi connectivity index (χ2v) is 10.1. The topological polar surface area (TPSA) is 125 Å². The number of aromatic nitrogens is 3. The number of primary sulfonamides is 1. The van der Waals surface area contributed by atoms with Gasteiger partial charge in [-0.2, -0.15) is 0 Å². The minimum Gasteiger partial charge on any atom is -0.354 e. The highest BCUT2D eigenvalue weighted by atomic mass is 32.2. The van der Waals surface area contributed by atoms with Crippen LogP contribution in [0.2, 0.25) is 0 Å². The van der Waals surface area contributed by atoms with Crippen molar-refractivity contribution in [1.82, 2.24) is 19.9 Å². The van der Waals surface area contributed by atoms with E-state index >= 15 is 0 Å². The number of H-pyrrole nitrogens is 1. The molecule has 2 aliphatic rings. The van der Waals surface area contributed by atoms with Gasteiger partial charge in [-0.25, -0.2) is 23.5 Å². The number of fused-ring (bicyclic) bond motifs is 1. The SMILES string of the molecule is Cc1ccc(C(=O)N2CCN(c3ncnc4[nH]ccc34)CC3(CC3)C2)cc1S(N)(=O)=O. The van der Waals surface area contributed by atoms with E-state index in [1.807, 2.05) is 17.2 Å². The molecule has 1 aliphatic carbocycles. The van der Waals surface area contributed by atoms with Crippen LogP contribution in [-0.2, 0) is 10.0 Å². The van der Waals surface area contributed by atoms with E-state index in [4.69, 9.17) is 5.14 Å². The summed E-state index contributed by atoms with van der Waals surface area (Å²) in [7, 11) is -3.89. The Kier molecular flexibility index (Phi) is 4.52. The molecule has 10 heteroatoms. The number of benzene rings is 1. The van der Waals surface area contributed by atoms with E-state index in [9.17, 15) is 13.2 Å². The number of rotatable bonds is 3. The van der Waals surface area contributed by atoms with Gasteiger partial charge in [-0.3, -0.25) is 4.79 Å². The average Bonchev–Trinajstić information content (AvgIpc) is 3.37. The van der Waals surface area contributed by atoms with E-state index in [0.29, 0.717) is 30.8 Å². The molecular weight excluding hydrogens is 416 g/mol. The van der Waals surface area contributed by atoms with Crippen molar-refractivity contribution in [2.45, 2.75) is 24.7 Å². The largest absolute Gasteiger partial charge is 0.354 e. The number of carbonyl (C=O) groups excluding carboxylic acids is 1. The number of sulfonamides is 1. The van der Waals surface area contributed by atoms with Crippen LogP contribution < -0.4 is 10.0 Å². The third-order valence-electron chi connectivity index (χ3n) is 6.31. The molecule has 0 atom stereocenters. The highest BCUT2D eigenvalue weighted by molar-refractivity contribution is 7.89. The predicted molar refractivity (Wildman–Crippen MR) is 116 cm³/mol. The van der Waals surface area contributed by atoms with Crippen molar-refractivity contribution in [1.29, 1.82) is 0 Å².